The zero-order valence-electron chi connectivity index (χ0n) is 10.6. The van der Waals surface area contributed by atoms with Crippen molar-refractivity contribution < 1.29 is 23.1 Å². The van der Waals surface area contributed by atoms with Gasteiger partial charge in [0.05, 0.1) is 6.54 Å². The molecule has 0 aromatic rings. The number of carboxylic acid groups (broad SMARTS) is 1. The summed E-state index contributed by atoms with van der Waals surface area (Å²) in [6, 6.07) is 0. The number of carboxylic acids is 1. The summed E-state index contributed by atoms with van der Waals surface area (Å²) in [6.07, 6.45) is 1.95. The van der Waals surface area contributed by atoms with E-state index in [4.69, 9.17) is 5.11 Å². The first-order chi connectivity index (χ1) is 8.87. The van der Waals surface area contributed by atoms with Crippen molar-refractivity contribution in [2.24, 2.45) is 5.92 Å². The zero-order valence-corrected chi connectivity index (χ0v) is 11.4. The third-order valence-corrected chi connectivity index (χ3v) is 3.70. The largest absolute Gasteiger partial charge is 0.480 e. The number of likely N-dealkylation sites (tertiary alicyclic amines) is 1. The van der Waals surface area contributed by atoms with Crippen molar-refractivity contribution >= 4 is 17.7 Å². The molecule has 0 aromatic heterocycles. The average Bonchev–Trinajstić information content (AvgIpc) is 2.27. The van der Waals surface area contributed by atoms with Crippen LogP contribution in [-0.4, -0.2) is 60.0 Å². The highest BCUT2D eigenvalue weighted by Crippen LogP contribution is 2.30. The maximum absolute atomic E-state index is 12.0. The van der Waals surface area contributed by atoms with Crippen molar-refractivity contribution in [3.8, 4) is 0 Å². The van der Waals surface area contributed by atoms with E-state index < -0.39 is 11.5 Å². The second kappa shape index (κ2) is 7.96. The van der Waals surface area contributed by atoms with E-state index >= 15 is 0 Å². The molecule has 1 aliphatic heterocycles. The average molecular weight is 300 g/mol. The van der Waals surface area contributed by atoms with Crippen LogP contribution < -0.4 is 5.32 Å². The Kier molecular flexibility index (Phi) is 6.95. The molecule has 0 amide bonds. The highest BCUT2D eigenvalue weighted by atomic mass is 32.2. The number of hydrogen-bond donors (Lipinski definition) is 2. The molecule has 19 heavy (non-hydrogen) atoms. The van der Waals surface area contributed by atoms with Crippen LogP contribution in [0.4, 0.5) is 13.2 Å². The van der Waals surface area contributed by atoms with Crippen molar-refractivity contribution in [3.63, 3.8) is 0 Å². The number of nitrogens with zero attached hydrogens (tertiary/aromatic N) is 1. The molecule has 1 heterocycles. The van der Waals surface area contributed by atoms with Crippen molar-refractivity contribution in [1.29, 1.82) is 0 Å². The highest BCUT2D eigenvalue weighted by Gasteiger charge is 2.28. The van der Waals surface area contributed by atoms with Gasteiger partial charge >= 0.3 is 11.5 Å². The van der Waals surface area contributed by atoms with Gasteiger partial charge in [-0.05, 0) is 43.6 Å². The van der Waals surface area contributed by atoms with E-state index in [1.807, 2.05) is 4.90 Å². The molecule has 8 heteroatoms. The number of rotatable bonds is 7. The molecule has 0 aliphatic carbocycles. The normalized spacial score (nSPS) is 21.5. The van der Waals surface area contributed by atoms with Crippen molar-refractivity contribution in [2.45, 2.75) is 18.3 Å². The van der Waals surface area contributed by atoms with E-state index in [0.717, 1.165) is 25.9 Å². The molecule has 0 bridgehead atoms. The minimum Gasteiger partial charge on any atom is -0.480 e. The van der Waals surface area contributed by atoms with Gasteiger partial charge in [0.25, 0.3) is 0 Å². The van der Waals surface area contributed by atoms with E-state index in [1.54, 1.807) is 0 Å². The lowest BCUT2D eigenvalue weighted by Gasteiger charge is -2.32. The van der Waals surface area contributed by atoms with Gasteiger partial charge in [0.2, 0.25) is 0 Å². The lowest BCUT2D eigenvalue weighted by atomic mass is 9.98. The molecule has 2 N–H and O–H groups in total. The fourth-order valence-electron chi connectivity index (χ4n) is 2.19. The van der Waals surface area contributed by atoms with Crippen molar-refractivity contribution in [2.75, 3.05) is 38.5 Å². The van der Waals surface area contributed by atoms with Gasteiger partial charge in [-0.1, -0.05) is 0 Å². The number of thioether (sulfide) groups is 1. The lowest BCUT2D eigenvalue weighted by molar-refractivity contribution is -0.136. The first-order valence-electron chi connectivity index (χ1n) is 6.22. The van der Waals surface area contributed by atoms with Gasteiger partial charge in [-0.2, -0.15) is 13.2 Å². The summed E-state index contributed by atoms with van der Waals surface area (Å²) in [5.74, 6) is -0.517. The second-order valence-corrected chi connectivity index (χ2v) is 5.79. The summed E-state index contributed by atoms with van der Waals surface area (Å²) in [5.41, 5.74) is -4.15. The van der Waals surface area contributed by atoms with E-state index in [0.29, 0.717) is 19.0 Å². The van der Waals surface area contributed by atoms with Crippen molar-refractivity contribution in [3.05, 3.63) is 0 Å². The Balaban J connectivity index is 2.17. The van der Waals surface area contributed by atoms with Gasteiger partial charge in [-0.3, -0.25) is 4.79 Å². The molecule has 0 saturated carbocycles. The Bertz CT molecular complexity index is 290. The fourth-order valence-corrected chi connectivity index (χ4v) is 2.78. The molecule has 0 aromatic carbocycles. The maximum Gasteiger partial charge on any atom is 0.441 e. The summed E-state index contributed by atoms with van der Waals surface area (Å²) in [4.78, 5) is 12.4. The number of piperidine rings is 1. The number of aliphatic carboxylic acids is 1. The van der Waals surface area contributed by atoms with Crippen LogP contribution in [0.3, 0.4) is 0 Å². The number of hydrogen-bond acceptors (Lipinski definition) is 4. The Morgan fingerprint density at radius 2 is 2.21 bits per heavy atom. The standard InChI is InChI=1S/C11H19F3N2O2S/c12-11(13,14)19-5-4-16-3-1-2-9(8-16)6-15-7-10(17)18/h9,15H,1-8H2,(H,17,18). The predicted molar refractivity (Wildman–Crippen MR) is 68.2 cm³/mol. The van der Waals surface area contributed by atoms with Gasteiger partial charge in [0.15, 0.2) is 0 Å². The van der Waals surface area contributed by atoms with Crippen LogP contribution in [0.5, 0.6) is 0 Å². The molecule has 4 nitrogen and oxygen atoms in total. The van der Waals surface area contributed by atoms with Gasteiger partial charge in [0.1, 0.15) is 0 Å². The minimum absolute atomic E-state index is 0.0152. The van der Waals surface area contributed by atoms with E-state index in [1.165, 1.54) is 0 Å². The van der Waals surface area contributed by atoms with Crippen LogP contribution >= 0.6 is 11.8 Å². The van der Waals surface area contributed by atoms with Gasteiger partial charge in [-0.15, -0.1) is 0 Å². The monoisotopic (exact) mass is 300 g/mol. The topological polar surface area (TPSA) is 52.6 Å². The van der Waals surface area contributed by atoms with Crippen LogP contribution in [0.1, 0.15) is 12.8 Å². The van der Waals surface area contributed by atoms with Crippen molar-refractivity contribution in [1.82, 2.24) is 10.2 Å². The first-order valence-corrected chi connectivity index (χ1v) is 7.21. The number of nitrogens with one attached hydrogen (secondary N) is 1. The van der Waals surface area contributed by atoms with Crippen LogP contribution in [0.25, 0.3) is 0 Å². The minimum atomic E-state index is -4.15. The second-order valence-electron chi connectivity index (χ2n) is 4.63. The molecule has 1 unspecified atom stereocenters. The molecule has 1 atom stereocenters. The summed E-state index contributed by atoms with van der Waals surface area (Å²) in [5, 5.41) is 11.3. The third-order valence-electron chi connectivity index (χ3n) is 2.99. The Morgan fingerprint density at radius 3 is 2.84 bits per heavy atom. The van der Waals surface area contributed by atoms with Gasteiger partial charge in [0, 0.05) is 18.8 Å². The van der Waals surface area contributed by atoms with Crippen LogP contribution in [0.15, 0.2) is 0 Å². The fraction of sp³-hybridized carbons (Fsp3) is 0.909. The maximum atomic E-state index is 12.0. The number of halogens is 3. The molecule has 1 rings (SSSR count). The smallest absolute Gasteiger partial charge is 0.441 e. The predicted octanol–water partition coefficient (Wildman–Crippen LogP) is 1.63. The Hall–Kier alpha value is -0.470. The van der Waals surface area contributed by atoms with Gasteiger partial charge < -0.3 is 15.3 Å². The SMILES string of the molecule is O=C(O)CNCC1CCCN(CCSC(F)(F)F)C1. The molecule has 0 radical (unpaired) electrons. The summed E-state index contributed by atoms with van der Waals surface area (Å²) < 4.78 is 36.0. The number of carbonyl (C=O) groups is 1. The molecular weight excluding hydrogens is 281 g/mol. The molecule has 1 fully saturated rings. The highest BCUT2D eigenvalue weighted by molar-refractivity contribution is 8.00. The first kappa shape index (κ1) is 16.6. The molecule has 1 saturated heterocycles. The van der Waals surface area contributed by atoms with Gasteiger partial charge in [-0.25, -0.2) is 0 Å². The zero-order chi connectivity index (χ0) is 14.3. The molecule has 112 valence electrons. The molecule has 1 aliphatic rings. The quantitative estimate of drug-likeness (QED) is 0.748. The van der Waals surface area contributed by atoms with E-state index in [9.17, 15) is 18.0 Å². The summed E-state index contributed by atoms with van der Waals surface area (Å²) >= 11 is 0.0152. The lowest BCUT2D eigenvalue weighted by Crippen LogP contribution is -2.41. The Morgan fingerprint density at radius 1 is 1.47 bits per heavy atom. The number of alkyl halides is 3. The van der Waals surface area contributed by atoms with E-state index in [-0.39, 0.29) is 24.1 Å². The molecular formula is C11H19F3N2O2S. The molecule has 0 spiro atoms. The van der Waals surface area contributed by atoms with Crippen LogP contribution in [0, 0.1) is 5.92 Å². The third kappa shape index (κ3) is 8.33. The summed E-state index contributed by atoms with van der Waals surface area (Å²) in [7, 11) is 0. The van der Waals surface area contributed by atoms with Crippen LogP contribution in [0.2, 0.25) is 0 Å². The van der Waals surface area contributed by atoms with E-state index in [2.05, 4.69) is 5.32 Å². The Labute approximate surface area is 114 Å². The van der Waals surface area contributed by atoms with Crippen LogP contribution in [-0.2, 0) is 4.79 Å². The summed E-state index contributed by atoms with van der Waals surface area (Å²) in [6.45, 7) is 2.54.